The van der Waals surface area contributed by atoms with E-state index in [-0.39, 0.29) is 0 Å². The van der Waals surface area contributed by atoms with Crippen LogP contribution < -0.4 is 0 Å². The summed E-state index contributed by atoms with van der Waals surface area (Å²) in [5.74, 6) is 0.582. The van der Waals surface area contributed by atoms with E-state index in [4.69, 9.17) is 9.41 Å². The average Bonchev–Trinajstić information content (AvgIpc) is 3.94. The van der Waals surface area contributed by atoms with Gasteiger partial charge in [0.05, 0.1) is 27.8 Å². The highest BCUT2D eigenvalue weighted by atomic mass is 16.3. The van der Waals surface area contributed by atoms with Gasteiger partial charge >= 0.3 is 0 Å². The number of hydrogen-bond donors (Lipinski definition) is 0. The molecule has 0 amide bonds. The molecule has 0 fully saturated rings. The van der Waals surface area contributed by atoms with Crippen LogP contribution >= 0.6 is 0 Å². The Labute approximate surface area is 333 Å². The van der Waals surface area contributed by atoms with Crippen LogP contribution in [0.3, 0.4) is 0 Å². The fraction of sp³-hybridized carbons (Fsp3) is 0.0189. The predicted molar refractivity (Wildman–Crippen MR) is 244 cm³/mol. The highest BCUT2D eigenvalue weighted by Gasteiger charge is 2.21. The minimum Gasteiger partial charge on any atom is -0.456 e. The number of para-hydroxylation sites is 3. The summed E-state index contributed by atoms with van der Waals surface area (Å²) in [6.45, 7) is 6.17. The molecule has 0 saturated heterocycles. The first-order chi connectivity index (χ1) is 28.7. The second kappa shape index (κ2) is 12.4. The topological polar surface area (TPSA) is 47.7 Å². The van der Waals surface area contributed by atoms with E-state index in [0.717, 1.165) is 77.6 Å². The number of fused-ring (bicyclic) bond motifs is 13. The zero-order chi connectivity index (χ0) is 38.5. The number of amidine groups is 1. The Balaban J connectivity index is 1.08. The van der Waals surface area contributed by atoms with Gasteiger partial charge in [-0.15, -0.1) is 0 Å². The molecule has 58 heavy (non-hydrogen) atoms. The third-order valence-corrected chi connectivity index (χ3v) is 12.0. The first-order valence-electron chi connectivity index (χ1n) is 19.6. The van der Waals surface area contributed by atoms with Gasteiger partial charge in [-0.1, -0.05) is 115 Å². The molecule has 0 saturated carbocycles. The molecule has 0 spiro atoms. The number of hydrogen-bond acceptors (Lipinski definition) is 2. The monoisotopic (exact) mass is 742 g/mol. The Morgan fingerprint density at radius 2 is 0.983 bits per heavy atom. The summed E-state index contributed by atoms with van der Waals surface area (Å²) in [5.41, 5.74) is 11.4. The van der Waals surface area contributed by atoms with Crippen molar-refractivity contribution in [1.82, 2.24) is 9.13 Å². The lowest BCUT2D eigenvalue weighted by molar-refractivity contribution is 0.669. The van der Waals surface area contributed by atoms with Crippen molar-refractivity contribution >= 4 is 105 Å². The van der Waals surface area contributed by atoms with E-state index in [1.54, 1.807) is 0 Å². The molecular formula is C53H34N4O. The smallest absolute Gasteiger partial charge is 0.159 e. The highest BCUT2D eigenvalue weighted by molar-refractivity contribution is 6.29. The van der Waals surface area contributed by atoms with Crippen molar-refractivity contribution in [2.24, 2.45) is 9.98 Å². The minimum atomic E-state index is 0.582. The van der Waals surface area contributed by atoms with Crippen molar-refractivity contribution < 1.29 is 4.42 Å². The van der Waals surface area contributed by atoms with Crippen LogP contribution in [0.2, 0.25) is 0 Å². The molecule has 0 unspecified atom stereocenters. The first-order valence-corrected chi connectivity index (χ1v) is 19.6. The Morgan fingerprint density at radius 3 is 1.66 bits per heavy atom. The van der Waals surface area contributed by atoms with Gasteiger partial charge in [0.25, 0.3) is 0 Å². The summed E-state index contributed by atoms with van der Waals surface area (Å²) in [6.07, 6.45) is 0. The fourth-order valence-corrected chi connectivity index (χ4v) is 9.45. The van der Waals surface area contributed by atoms with Crippen LogP contribution in [0.1, 0.15) is 11.1 Å². The van der Waals surface area contributed by atoms with Crippen molar-refractivity contribution in [2.75, 3.05) is 0 Å². The maximum Gasteiger partial charge on any atom is 0.159 e. The largest absolute Gasteiger partial charge is 0.456 e. The molecule has 0 aliphatic heterocycles. The summed E-state index contributed by atoms with van der Waals surface area (Å²) in [6, 6.07) is 62.4. The Bertz CT molecular complexity index is 3730. The molecule has 0 N–H and O–H groups in total. The lowest BCUT2D eigenvalue weighted by Gasteiger charge is -2.13. The molecule has 0 aliphatic carbocycles. The van der Waals surface area contributed by atoms with Crippen LogP contribution in [0.25, 0.3) is 98.5 Å². The Morgan fingerprint density at radius 1 is 0.448 bits per heavy atom. The van der Waals surface area contributed by atoms with E-state index in [1.807, 2.05) is 12.1 Å². The third-order valence-electron chi connectivity index (χ3n) is 12.0. The van der Waals surface area contributed by atoms with E-state index in [2.05, 4.69) is 192 Å². The van der Waals surface area contributed by atoms with Crippen molar-refractivity contribution in [3.05, 3.63) is 187 Å². The van der Waals surface area contributed by atoms with E-state index in [9.17, 15) is 0 Å². The van der Waals surface area contributed by atoms with Crippen molar-refractivity contribution in [3.63, 3.8) is 0 Å². The van der Waals surface area contributed by atoms with Crippen molar-refractivity contribution in [3.8, 4) is 11.4 Å². The molecule has 0 aliphatic rings. The molecular weight excluding hydrogens is 709 g/mol. The standard InChI is InChI=1S/C53H34N4O/c1-32-36-16-3-4-17-37(36)38-18-5-6-20-40(38)52(32)55-53(54-2)33-14-13-15-34(30-33)56-44-23-10-7-21-41(44)50-46(56)27-28-47-51(50)42-22-8-11-24-45(42)57(47)35-26-29-49-43(31-35)39-19-9-12-25-48(39)58-49/h3-31H,2H2,1H3. The molecule has 0 atom stereocenters. The quantitative estimate of drug-likeness (QED) is 0.101. The lowest BCUT2D eigenvalue weighted by Crippen LogP contribution is -2.00. The first kappa shape index (κ1) is 32.5. The average molecular weight is 743 g/mol. The summed E-state index contributed by atoms with van der Waals surface area (Å²) in [4.78, 5) is 9.83. The number of aromatic nitrogens is 2. The van der Waals surface area contributed by atoms with E-state index in [0.29, 0.717) is 5.84 Å². The van der Waals surface area contributed by atoms with Gasteiger partial charge in [0, 0.05) is 54.6 Å². The lowest BCUT2D eigenvalue weighted by atomic mass is 9.96. The van der Waals surface area contributed by atoms with Crippen molar-refractivity contribution in [1.29, 1.82) is 0 Å². The van der Waals surface area contributed by atoms with Crippen LogP contribution in [-0.4, -0.2) is 21.7 Å². The second-order valence-electron chi connectivity index (χ2n) is 15.0. The van der Waals surface area contributed by atoms with Gasteiger partial charge in [-0.3, -0.25) is 0 Å². The number of rotatable bonds is 4. The number of nitrogens with zero attached hydrogens (tertiary/aromatic N) is 4. The number of aliphatic imine (C=N–C) groups is 2. The van der Waals surface area contributed by atoms with Gasteiger partial charge in [0.1, 0.15) is 11.2 Å². The summed E-state index contributed by atoms with van der Waals surface area (Å²) < 4.78 is 11.0. The van der Waals surface area contributed by atoms with Crippen LogP contribution in [0, 0.1) is 6.92 Å². The molecule has 12 rings (SSSR count). The van der Waals surface area contributed by atoms with E-state index in [1.165, 1.54) is 37.7 Å². The summed E-state index contributed by atoms with van der Waals surface area (Å²) in [5, 5.41) is 11.8. The Kier molecular flexibility index (Phi) is 6.93. The van der Waals surface area contributed by atoms with Gasteiger partial charge in [-0.25, -0.2) is 9.98 Å². The zero-order valence-corrected chi connectivity index (χ0v) is 31.6. The molecule has 0 radical (unpaired) electrons. The molecule has 3 heterocycles. The minimum absolute atomic E-state index is 0.582. The number of benzene rings is 9. The summed E-state index contributed by atoms with van der Waals surface area (Å²) >= 11 is 0. The SMILES string of the molecule is C=NC(=Nc1c(C)c2ccccc2c2ccccc12)c1cccc(-n2c3ccccc3c3c4c5ccccc5n(-c5ccc6oc7ccccc7c6c5)c4ccc32)c1. The van der Waals surface area contributed by atoms with Crippen LogP contribution in [0.15, 0.2) is 190 Å². The fourth-order valence-electron chi connectivity index (χ4n) is 9.45. The molecule has 5 heteroatoms. The molecule has 12 aromatic rings. The Hall–Kier alpha value is -7.76. The second-order valence-corrected chi connectivity index (χ2v) is 15.0. The van der Waals surface area contributed by atoms with Crippen LogP contribution in [-0.2, 0) is 0 Å². The van der Waals surface area contributed by atoms with Gasteiger partial charge in [-0.05, 0) is 96.0 Å². The van der Waals surface area contributed by atoms with Crippen LogP contribution in [0.5, 0.6) is 0 Å². The van der Waals surface area contributed by atoms with Gasteiger partial charge < -0.3 is 13.6 Å². The predicted octanol–water partition coefficient (Wildman–Crippen LogP) is 14.2. The summed E-state index contributed by atoms with van der Waals surface area (Å²) in [7, 11) is 0. The molecule has 3 aromatic heterocycles. The normalized spacial score (nSPS) is 12.4. The highest BCUT2D eigenvalue weighted by Crippen LogP contribution is 2.43. The molecule has 9 aromatic carbocycles. The number of furan rings is 1. The van der Waals surface area contributed by atoms with Crippen molar-refractivity contribution in [2.45, 2.75) is 6.92 Å². The van der Waals surface area contributed by atoms with Gasteiger partial charge in [0.2, 0.25) is 0 Å². The molecule has 5 nitrogen and oxygen atoms in total. The van der Waals surface area contributed by atoms with E-state index < -0.39 is 0 Å². The molecule has 0 bridgehead atoms. The van der Waals surface area contributed by atoms with Crippen LogP contribution in [0.4, 0.5) is 5.69 Å². The zero-order valence-electron chi connectivity index (χ0n) is 31.6. The maximum atomic E-state index is 6.22. The van der Waals surface area contributed by atoms with Gasteiger partial charge in [0.15, 0.2) is 5.84 Å². The van der Waals surface area contributed by atoms with Gasteiger partial charge in [-0.2, -0.15) is 0 Å². The number of aryl methyl sites for hydroxylation is 1. The van der Waals surface area contributed by atoms with E-state index >= 15 is 0 Å². The third kappa shape index (κ3) is 4.58. The molecule has 272 valence electrons. The maximum absolute atomic E-state index is 6.22.